The van der Waals surface area contributed by atoms with Gasteiger partial charge in [0.15, 0.2) is 0 Å². The number of hydrogen-bond acceptors (Lipinski definition) is 5. The van der Waals surface area contributed by atoms with Crippen molar-refractivity contribution in [2.45, 2.75) is 19.9 Å². The first-order chi connectivity index (χ1) is 9.65. The topological polar surface area (TPSA) is 64.8 Å². The molecule has 5 nitrogen and oxygen atoms in total. The maximum absolute atomic E-state index is 11.2. The van der Waals surface area contributed by atoms with Gasteiger partial charge in [0, 0.05) is 19.6 Å². The van der Waals surface area contributed by atoms with E-state index in [1.807, 2.05) is 43.1 Å². The van der Waals surface area contributed by atoms with Crippen LogP contribution < -0.4 is 10.5 Å². The number of likely N-dealkylation sites (N-methyl/N-ethyl adjacent to an activating group) is 1. The van der Waals surface area contributed by atoms with Crippen molar-refractivity contribution >= 4 is 5.97 Å². The van der Waals surface area contributed by atoms with Crippen LogP contribution in [0, 0.1) is 0 Å². The Morgan fingerprint density at radius 3 is 2.55 bits per heavy atom. The summed E-state index contributed by atoms with van der Waals surface area (Å²) in [5, 5.41) is 0. The fraction of sp³-hybridized carbons (Fsp3) is 0.533. The Bertz CT molecular complexity index is 393. The normalized spacial score (nSPS) is 10.6. The fourth-order valence-corrected chi connectivity index (χ4v) is 1.67. The Balaban J connectivity index is 2.17. The van der Waals surface area contributed by atoms with Crippen LogP contribution >= 0.6 is 0 Å². The summed E-state index contributed by atoms with van der Waals surface area (Å²) in [7, 11) is 1.96. The van der Waals surface area contributed by atoms with E-state index in [0.29, 0.717) is 32.7 Å². The molecule has 5 heteroatoms. The van der Waals surface area contributed by atoms with E-state index in [1.165, 1.54) is 0 Å². The van der Waals surface area contributed by atoms with Gasteiger partial charge in [-0.1, -0.05) is 12.1 Å². The van der Waals surface area contributed by atoms with E-state index in [2.05, 4.69) is 0 Å². The highest BCUT2D eigenvalue weighted by Gasteiger charge is 2.05. The molecule has 0 saturated carbocycles. The molecule has 2 N–H and O–H groups in total. The molecule has 0 aliphatic heterocycles. The molecule has 0 spiro atoms. The van der Waals surface area contributed by atoms with Crippen molar-refractivity contribution in [2.75, 3.05) is 33.4 Å². The largest absolute Gasteiger partial charge is 0.492 e. The number of rotatable bonds is 9. The lowest BCUT2D eigenvalue weighted by Crippen LogP contribution is -2.27. The summed E-state index contributed by atoms with van der Waals surface area (Å²) >= 11 is 0. The Morgan fingerprint density at radius 1 is 1.25 bits per heavy atom. The van der Waals surface area contributed by atoms with Gasteiger partial charge in [-0.2, -0.15) is 0 Å². The first-order valence-corrected chi connectivity index (χ1v) is 6.91. The minimum absolute atomic E-state index is 0.155. The van der Waals surface area contributed by atoms with Crippen molar-refractivity contribution in [1.82, 2.24) is 4.90 Å². The number of ether oxygens (including phenoxy) is 2. The van der Waals surface area contributed by atoms with Crippen LogP contribution in [0.4, 0.5) is 0 Å². The molecule has 0 aliphatic carbocycles. The summed E-state index contributed by atoms with van der Waals surface area (Å²) < 4.78 is 10.5. The van der Waals surface area contributed by atoms with Gasteiger partial charge in [-0.3, -0.25) is 4.79 Å². The van der Waals surface area contributed by atoms with E-state index >= 15 is 0 Å². The first kappa shape index (κ1) is 16.5. The van der Waals surface area contributed by atoms with Crippen molar-refractivity contribution in [3.05, 3.63) is 29.8 Å². The molecular weight excluding hydrogens is 256 g/mol. The van der Waals surface area contributed by atoms with Crippen molar-refractivity contribution in [3.8, 4) is 5.75 Å². The Morgan fingerprint density at radius 2 is 1.95 bits per heavy atom. The second kappa shape index (κ2) is 9.34. The van der Waals surface area contributed by atoms with Gasteiger partial charge in [-0.15, -0.1) is 0 Å². The lowest BCUT2D eigenvalue weighted by atomic mass is 10.2. The van der Waals surface area contributed by atoms with E-state index in [-0.39, 0.29) is 5.97 Å². The molecule has 1 aromatic carbocycles. The highest BCUT2D eigenvalue weighted by molar-refractivity contribution is 5.69. The van der Waals surface area contributed by atoms with Crippen LogP contribution in [0.3, 0.4) is 0 Å². The molecule has 0 saturated heterocycles. The average molecular weight is 280 g/mol. The van der Waals surface area contributed by atoms with Crippen molar-refractivity contribution in [1.29, 1.82) is 0 Å². The van der Waals surface area contributed by atoms with Crippen LogP contribution in [0.5, 0.6) is 5.75 Å². The lowest BCUT2D eigenvalue weighted by Gasteiger charge is -2.16. The number of carbonyl (C=O) groups is 1. The third-order valence-electron chi connectivity index (χ3n) is 2.90. The van der Waals surface area contributed by atoms with Crippen LogP contribution in [0.25, 0.3) is 0 Å². The Hall–Kier alpha value is -1.59. The van der Waals surface area contributed by atoms with Gasteiger partial charge >= 0.3 is 5.97 Å². The number of hydrogen-bond donors (Lipinski definition) is 1. The van der Waals surface area contributed by atoms with Crippen LogP contribution in [-0.2, 0) is 16.1 Å². The summed E-state index contributed by atoms with van der Waals surface area (Å²) in [5.41, 5.74) is 6.62. The Labute approximate surface area is 120 Å². The molecular formula is C15H24N2O3. The Kier molecular flexibility index (Phi) is 7.69. The average Bonchev–Trinajstić information content (AvgIpc) is 2.46. The van der Waals surface area contributed by atoms with Crippen LogP contribution in [0.15, 0.2) is 24.3 Å². The SMILES string of the molecule is CCOC(=O)CCN(C)CCOc1ccc(CN)cc1. The van der Waals surface area contributed by atoms with Crippen LogP contribution in [-0.4, -0.2) is 44.2 Å². The summed E-state index contributed by atoms with van der Waals surface area (Å²) in [6.45, 7) is 4.81. The molecule has 112 valence electrons. The fourth-order valence-electron chi connectivity index (χ4n) is 1.67. The number of carbonyl (C=O) groups excluding carboxylic acids is 1. The van der Waals surface area contributed by atoms with Crippen molar-refractivity contribution in [3.63, 3.8) is 0 Å². The minimum atomic E-state index is -0.155. The first-order valence-electron chi connectivity index (χ1n) is 6.91. The van der Waals surface area contributed by atoms with E-state index < -0.39 is 0 Å². The van der Waals surface area contributed by atoms with Crippen LogP contribution in [0.1, 0.15) is 18.9 Å². The quantitative estimate of drug-likeness (QED) is 0.693. The summed E-state index contributed by atoms with van der Waals surface area (Å²) in [6.07, 6.45) is 0.412. The van der Waals surface area contributed by atoms with E-state index in [4.69, 9.17) is 15.2 Å². The molecule has 1 rings (SSSR count). The molecule has 0 radical (unpaired) electrons. The molecule has 0 bridgehead atoms. The molecule has 0 aromatic heterocycles. The van der Waals surface area contributed by atoms with E-state index in [0.717, 1.165) is 17.9 Å². The number of nitrogens with two attached hydrogens (primary N) is 1. The van der Waals surface area contributed by atoms with Gasteiger partial charge in [-0.05, 0) is 31.7 Å². The summed E-state index contributed by atoms with van der Waals surface area (Å²) in [5.74, 6) is 0.679. The van der Waals surface area contributed by atoms with Gasteiger partial charge in [0.1, 0.15) is 12.4 Å². The van der Waals surface area contributed by atoms with Crippen molar-refractivity contribution in [2.24, 2.45) is 5.73 Å². The van der Waals surface area contributed by atoms with Gasteiger partial charge in [0.05, 0.1) is 13.0 Å². The molecule has 20 heavy (non-hydrogen) atoms. The standard InChI is InChI=1S/C15H24N2O3/c1-3-19-15(18)8-9-17(2)10-11-20-14-6-4-13(12-16)5-7-14/h4-7H,3,8-12,16H2,1-2H3. The third kappa shape index (κ3) is 6.54. The number of nitrogens with zero attached hydrogens (tertiary/aromatic N) is 1. The zero-order valence-electron chi connectivity index (χ0n) is 12.3. The molecule has 0 atom stereocenters. The monoisotopic (exact) mass is 280 g/mol. The molecule has 0 unspecified atom stereocenters. The smallest absolute Gasteiger partial charge is 0.307 e. The predicted octanol–water partition coefficient (Wildman–Crippen LogP) is 1.41. The molecule has 0 fully saturated rings. The van der Waals surface area contributed by atoms with Gasteiger partial charge < -0.3 is 20.1 Å². The minimum Gasteiger partial charge on any atom is -0.492 e. The maximum atomic E-state index is 11.2. The third-order valence-corrected chi connectivity index (χ3v) is 2.90. The van der Waals surface area contributed by atoms with Crippen molar-refractivity contribution < 1.29 is 14.3 Å². The van der Waals surface area contributed by atoms with Gasteiger partial charge in [0.25, 0.3) is 0 Å². The molecule has 0 heterocycles. The second-order valence-electron chi connectivity index (χ2n) is 4.55. The summed E-state index contributed by atoms with van der Waals surface area (Å²) in [4.78, 5) is 13.3. The van der Waals surface area contributed by atoms with E-state index in [1.54, 1.807) is 0 Å². The van der Waals surface area contributed by atoms with E-state index in [9.17, 15) is 4.79 Å². The summed E-state index contributed by atoms with van der Waals surface area (Å²) in [6, 6.07) is 7.75. The molecule has 0 aliphatic rings. The predicted molar refractivity (Wildman–Crippen MR) is 78.6 cm³/mol. The second-order valence-corrected chi connectivity index (χ2v) is 4.55. The maximum Gasteiger partial charge on any atom is 0.307 e. The highest BCUT2D eigenvalue weighted by atomic mass is 16.5. The zero-order chi connectivity index (χ0) is 14.8. The highest BCUT2D eigenvalue weighted by Crippen LogP contribution is 2.11. The molecule has 0 amide bonds. The van der Waals surface area contributed by atoms with Gasteiger partial charge in [0.2, 0.25) is 0 Å². The zero-order valence-corrected chi connectivity index (χ0v) is 12.3. The van der Waals surface area contributed by atoms with Crippen LogP contribution in [0.2, 0.25) is 0 Å². The molecule has 1 aromatic rings. The van der Waals surface area contributed by atoms with Gasteiger partial charge in [-0.25, -0.2) is 0 Å². The number of benzene rings is 1. The number of esters is 1. The lowest BCUT2D eigenvalue weighted by molar-refractivity contribution is -0.143.